The van der Waals surface area contributed by atoms with E-state index in [9.17, 15) is 9.59 Å². The van der Waals surface area contributed by atoms with E-state index in [-0.39, 0.29) is 12.0 Å². The average molecular weight is 390 g/mol. The largest absolute Gasteiger partial charge is 0.452 e. The summed E-state index contributed by atoms with van der Waals surface area (Å²) in [6.45, 7) is 7.77. The zero-order valence-corrected chi connectivity index (χ0v) is 16.9. The molecule has 0 spiro atoms. The maximum atomic E-state index is 11.9. The molecule has 144 valence electrons. The predicted octanol–water partition coefficient (Wildman–Crippen LogP) is 3.87. The van der Waals surface area contributed by atoms with Gasteiger partial charge in [-0.3, -0.25) is 9.48 Å². The van der Waals surface area contributed by atoms with Crippen molar-refractivity contribution in [3.05, 3.63) is 52.3 Å². The molecular weight excluding hydrogens is 366 g/mol. The van der Waals surface area contributed by atoms with Crippen LogP contribution in [0.2, 0.25) is 5.15 Å². The minimum absolute atomic E-state index is 0.0416. The molecule has 0 atom stereocenters. The maximum absolute atomic E-state index is 11.9. The predicted molar refractivity (Wildman–Crippen MR) is 107 cm³/mol. The molecule has 6 nitrogen and oxygen atoms in total. The van der Waals surface area contributed by atoms with Crippen LogP contribution in [0, 0.1) is 6.92 Å². The van der Waals surface area contributed by atoms with Crippen molar-refractivity contribution < 1.29 is 14.3 Å². The number of benzene rings is 1. The molecule has 0 radical (unpaired) electrons. The Hall–Kier alpha value is -2.60. The van der Waals surface area contributed by atoms with Crippen molar-refractivity contribution in [2.45, 2.75) is 33.1 Å². The normalized spacial score (nSPS) is 11.6. The second-order valence-electron chi connectivity index (χ2n) is 7.23. The molecule has 1 aromatic heterocycles. The van der Waals surface area contributed by atoms with Gasteiger partial charge in [0.05, 0.1) is 5.69 Å². The van der Waals surface area contributed by atoms with E-state index in [1.165, 1.54) is 22.4 Å². The summed E-state index contributed by atoms with van der Waals surface area (Å²) in [7, 11) is 1.71. The molecule has 27 heavy (non-hydrogen) atoms. The number of amides is 1. The summed E-state index contributed by atoms with van der Waals surface area (Å²) in [4.78, 5) is 23.7. The molecule has 1 amide bonds. The van der Waals surface area contributed by atoms with Crippen molar-refractivity contribution in [2.75, 3.05) is 11.9 Å². The highest BCUT2D eigenvalue weighted by molar-refractivity contribution is 6.31. The van der Waals surface area contributed by atoms with E-state index >= 15 is 0 Å². The lowest BCUT2D eigenvalue weighted by atomic mass is 9.87. The third-order valence-electron chi connectivity index (χ3n) is 3.96. The minimum atomic E-state index is -0.632. The molecule has 1 aromatic carbocycles. The van der Waals surface area contributed by atoms with Gasteiger partial charge in [-0.1, -0.05) is 44.5 Å². The van der Waals surface area contributed by atoms with Crippen LogP contribution in [0.3, 0.4) is 0 Å². The Labute approximate surface area is 164 Å². The molecule has 2 aromatic rings. The molecule has 2 rings (SSSR count). The molecule has 0 bridgehead atoms. The monoisotopic (exact) mass is 389 g/mol. The molecule has 1 N–H and O–H groups in total. The summed E-state index contributed by atoms with van der Waals surface area (Å²) < 4.78 is 6.47. The van der Waals surface area contributed by atoms with Crippen LogP contribution < -0.4 is 5.32 Å². The first kappa shape index (κ1) is 20.7. The van der Waals surface area contributed by atoms with Gasteiger partial charge in [-0.15, -0.1) is 0 Å². The average Bonchev–Trinajstić information content (AvgIpc) is 2.83. The van der Waals surface area contributed by atoms with E-state index in [0.717, 1.165) is 0 Å². The molecule has 0 aliphatic heterocycles. The smallest absolute Gasteiger partial charge is 0.331 e. The number of rotatable bonds is 5. The van der Waals surface area contributed by atoms with Gasteiger partial charge in [0, 0.05) is 24.4 Å². The number of carbonyl (C=O) groups is 2. The summed E-state index contributed by atoms with van der Waals surface area (Å²) in [5.74, 6) is -1.04. The lowest BCUT2D eigenvalue weighted by Gasteiger charge is -2.19. The highest BCUT2D eigenvalue weighted by Crippen LogP contribution is 2.23. The third kappa shape index (κ3) is 5.69. The van der Waals surface area contributed by atoms with Gasteiger partial charge < -0.3 is 10.1 Å². The van der Waals surface area contributed by atoms with Gasteiger partial charge in [0.1, 0.15) is 5.15 Å². The summed E-state index contributed by atoms with van der Waals surface area (Å²) in [5, 5.41) is 7.27. The van der Waals surface area contributed by atoms with Gasteiger partial charge in [-0.25, -0.2) is 4.79 Å². The van der Waals surface area contributed by atoms with Crippen molar-refractivity contribution in [1.82, 2.24) is 9.78 Å². The van der Waals surface area contributed by atoms with Gasteiger partial charge in [0.15, 0.2) is 6.61 Å². The Kier molecular flexibility index (Phi) is 6.44. The van der Waals surface area contributed by atoms with Crippen LogP contribution in [0.15, 0.2) is 30.3 Å². The van der Waals surface area contributed by atoms with Crippen molar-refractivity contribution in [3.8, 4) is 0 Å². The van der Waals surface area contributed by atoms with E-state index in [2.05, 4.69) is 31.2 Å². The molecule has 0 aliphatic carbocycles. The van der Waals surface area contributed by atoms with E-state index in [1.54, 1.807) is 14.0 Å². The number of aryl methyl sites for hydroxylation is 2. The molecule has 0 fully saturated rings. The Morgan fingerprint density at radius 1 is 1.26 bits per heavy atom. The lowest BCUT2D eigenvalue weighted by Crippen LogP contribution is -2.20. The second kappa shape index (κ2) is 8.39. The van der Waals surface area contributed by atoms with Crippen molar-refractivity contribution in [1.29, 1.82) is 0 Å². The minimum Gasteiger partial charge on any atom is -0.452 e. The van der Waals surface area contributed by atoms with E-state index in [0.29, 0.717) is 22.1 Å². The number of esters is 1. The van der Waals surface area contributed by atoms with Crippen LogP contribution in [0.25, 0.3) is 6.08 Å². The van der Waals surface area contributed by atoms with Gasteiger partial charge in [-0.05, 0) is 36.1 Å². The fraction of sp³-hybridized carbons (Fsp3) is 0.350. The molecule has 0 saturated carbocycles. The van der Waals surface area contributed by atoms with Crippen LogP contribution in [-0.4, -0.2) is 28.3 Å². The first-order valence-electron chi connectivity index (χ1n) is 8.52. The molecule has 7 heteroatoms. The molecule has 0 unspecified atom stereocenters. The first-order valence-corrected chi connectivity index (χ1v) is 8.90. The summed E-state index contributed by atoms with van der Waals surface area (Å²) in [5.41, 5.74) is 3.20. The number of ether oxygens (including phenoxy) is 1. The number of anilines is 1. The zero-order valence-electron chi connectivity index (χ0n) is 16.2. The summed E-state index contributed by atoms with van der Waals surface area (Å²) in [6, 6.07) is 7.58. The van der Waals surface area contributed by atoms with Gasteiger partial charge in [0.2, 0.25) is 0 Å². The SMILES string of the molecule is Cc1nn(C)c(Cl)c1/C=C/C(=O)OCC(=O)Nc1ccc(C(C)(C)C)cc1. The fourth-order valence-electron chi connectivity index (χ4n) is 2.42. The molecule has 1 heterocycles. The molecule has 0 saturated heterocycles. The van der Waals surface area contributed by atoms with Crippen molar-refractivity contribution >= 4 is 35.2 Å². The van der Waals surface area contributed by atoms with E-state index in [4.69, 9.17) is 16.3 Å². The standard InChI is InChI=1S/C20H24ClN3O3/c1-13-16(19(21)24(5)23-13)10-11-18(26)27-12-17(25)22-15-8-6-14(7-9-15)20(2,3)4/h6-11H,12H2,1-5H3,(H,22,25)/b11-10+. The highest BCUT2D eigenvalue weighted by Gasteiger charge is 2.13. The third-order valence-corrected chi connectivity index (χ3v) is 4.41. The number of halogens is 1. The van der Waals surface area contributed by atoms with Crippen LogP contribution in [0.4, 0.5) is 5.69 Å². The number of nitrogens with zero attached hydrogens (tertiary/aromatic N) is 2. The number of aromatic nitrogens is 2. The summed E-state index contributed by atoms with van der Waals surface area (Å²) in [6.07, 6.45) is 2.75. The van der Waals surface area contributed by atoms with E-state index < -0.39 is 11.9 Å². The number of hydrogen-bond donors (Lipinski definition) is 1. The van der Waals surface area contributed by atoms with Gasteiger partial charge >= 0.3 is 5.97 Å². The lowest BCUT2D eigenvalue weighted by molar-refractivity contribution is -0.142. The fourth-order valence-corrected chi connectivity index (χ4v) is 2.66. The van der Waals surface area contributed by atoms with Crippen molar-refractivity contribution in [3.63, 3.8) is 0 Å². The van der Waals surface area contributed by atoms with E-state index in [1.807, 2.05) is 24.3 Å². The number of hydrogen-bond acceptors (Lipinski definition) is 4. The first-order chi connectivity index (χ1) is 12.6. The quantitative estimate of drug-likeness (QED) is 0.622. The Balaban J connectivity index is 1.86. The second-order valence-corrected chi connectivity index (χ2v) is 7.59. The van der Waals surface area contributed by atoms with Gasteiger partial charge in [-0.2, -0.15) is 5.10 Å². The Morgan fingerprint density at radius 2 is 1.89 bits per heavy atom. The molecule has 0 aliphatic rings. The Bertz CT molecular complexity index is 862. The topological polar surface area (TPSA) is 73.2 Å². The zero-order chi connectivity index (χ0) is 20.2. The van der Waals surface area contributed by atoms with Crippen LogP contribution in [0.5, 0.6) is 0 Å². The van der Waals surface area contributed by atoms with Crippen LogP contribution in [-0.2, 0) is 26.8 Å². The van der Waals surface area contributed by atoms with Gasteiger partial charge in [0.25, 0.3) is 5.91 Å². The number of carbonyl (C=O) groups excluding carboxylic acids is 2. The Morgan fingerprint density at radius 3 is 2.41 bits per heavy atom. The summed E-state index contributed by atoms with van der Waals surface area (Å²) >= 11 is 6.09. The number of nitrogens with one attached hydrogen (secondary N) is 1. The van der Waals surface area contributed by atoms with Crippen LogP contribution >= 0.6 is 11.6 Å². The van der Waals surface area contributed by atoms with Crippen molar-refractivity contribution in [2.24, 2.45) is 7.05 Å². The maximum Gasteiger partial charge on any atom is 0.331 e. The molecular formula is C20H24ClN3O3. The van der Waals surface area contributed by atoms with Crippen LogP contribution in [0.1, 0.15) is 37.6 Å². The highest BCUT2D eigenvalue weighted by atomic mass is 35.5.